The summed E-state index contributed by atoms with van der Waals surface area (Å²) in [6.45, 7) is 0. The number of carbonyl (C=O) groups excluding carboxylic acids is 2. The Labute approximate surface area is 197 Å². The highest BCUT2D eigenvalue weighted by Gasteiger charge is 2.53. The van der Waals surface area contributed by atoms with Gasteiger partial charge in [0.25, 0.3) is 5.91 Å². The highest BCUT2D eigenvalue weighted by molar-refractivity contribution is 6.47. The minimum atomic E-state index is -0.597. The molecule has 1 unspecified atom stereocenters. The molecule has 5 rings (SSSR count). The summed E-state index contributed by atoms with van der Waals surface area (Å²) in [7, 11) is 1.36. The Hall–Kier alpha value is -2.73. The maximum atomic E-state index is 13.9. The molecule has 0 bridgehead atoms. The van der Waals surface area contributed by atoms with Gasteiger partial charge in [-0.1, -0.05) is 30.2 Å². The molecule has 0 saturated heterocycles. The van der Waals surface area contributed by atoms with Gasteiger partial charge in [-0.3, -0.25) is 9.79 Å². The number of aliphatic imine (C=N–C) groups is 1. The zero-order chi connectivity index (χ0) is 23.2. The van der Waals surface area contributed by atoms with Crippen molar-refractivity contribution in [2.75, 3.05) is 7.11 Å². The van der Waals surface area contributed by atoms with Gasteiger partial charge in [0.1, 0.15) is 17.2 Å². The predicted molar refractivity (Wildman–Crippen MR) is 124 cm³/mol. The second kappa shape index (κ2) is 8.56. The summed E-state index contributed by atoms with van der Waals surface area (Å²) >= 11 is 6.03. The maximum absolute atomic E-state index is 13.9. The van der Waals surface area contributed by atoms with Crippen LogP contribution in [0.5, 0.6) is 0 Å². The lowest BCUT2D eigenvalue weighted by Crippen LogP contribution is -2.50. The van der Waals surface area contributed by atoms with Crippen molar-refractivity contribution < 1.29 is 18.7 Å². The van der Waals surface area contributed by atoms with Crippen LogP contribution in [-0.2, 0) is 9.53 Å². The van der Waals surface area contributed by atoms with Crippen molar-refractivity contribution in [3.8, 4) is 0 Å². The highest BCUT2D eigenvalue weighted by atomic mass is 35.5. The summed E-state index contributed by atoms with van der Waals surface area (Å²) in [6, 6.07) is 11.6. The standard InChI is InChI=1S/C26H26ClFN2O3/c1-33-25(32)18-9-7-17(8-10-18)23(16-5-6-16)30-24(31)22(19-11-12-21(28)20(27)15-19)29-26(30)13-3-2-4-14-26/h7-12,15-16,23H,2-6,13-14H2,1H3. The van der Waals surface area contributed by atoms with Crippen molar-refractivity contribution in [2.45, 2.75) is 56.7 Å². The molecule has 0 N–H and O–H groups in total. The maximum Gasteiger partial charge on any atom is 0.337 e. The van der Waals surface area contributed by atoms with E-state index in [4.69, 9.17) is 21.3 Å². The van der Waals surface area contributed by atoms with Crippen molar-refractivity contribution in [3.05, 3.63) is 70.0 Å². The van der Waals surface area contributed by atoms with Crippen LogP contribution in [-0.4, -0.2) is 35.3 Å². The number of methoxy groups -OCH3 is 1. The molecule has 0 radical (unpaired) electrons. The first kappa shape index (κ1) is 22.1. The lowest BCUT2D eigenvalue weighted by atomic mass is 9.86. The van der Waals surface area contributed by atoms with Crippen LogP contribution in [0.25, 0.3) is 0 Å². The lowest BCUT2D eigenvalue weighted by Gasteiger charge is -2.44. The largest absolute Gasteiger partial charge is 0.465 e. The van der Waals surface area contributed by atoms with Crippen LogP contribution in [0.1, 0.15) is 72.5 Å². The first-order valence-electron chi connectivity index (χ1n) is 11.5. The average Bonchev–Trinajstić information content (AvgIpc) is 3.64. The smallest absolute Gasteiger partial charge is 0.337 e. The molecule has 2 fully saturated rings. The molecule has 5 nitrogen and oxygen atoms in total. The Bertz CT molecular complexity index is 1120. The normalized spacial score (nSPS) is 20.6. The van der Waals surface area contributed by atoms with Gasteiger partial charge in [0.2, 0.25) is 0 Å². The monoisotopic (exact) mass is 468 g/mol. The van der Waals surface area contributed by atoms with Crippen molar-refractivity contribution in [1.82, 2.24) is 4.90 Å². The quantitative estimate of drug-likeness (QED) is 0.528. The summed E-state index contributed by atoms with van der Waals surface area (Å²) in [5.41, 5.74) is 1.79. The molecule has 2 saturated carbocycles. The Morgan fingerprint density at radius 2 is 1.85 bits per heavy atom. The SMILES string of the molecule is COC(=O)c1ccc(C(C2CC2)N2C(=O)C(c3ccc(F)c(Cl)c3)=NC23CCCCC3)cc1. The number of halogens is 2. The van der Waals surface area contributed by atoms with E-state index in [0.29, 0.717) is 22.8 Å². The fourth-order valence-corrected chi connectivity index (χ4v) is 5.46. The summed E-state index contributed by atoms with van der Waals surface area (Å²) in [6.07, 6.45) is 6.83. The molecule has 33 heavy (non-hydrogen) atoms. The van der Waals surface area contributed by atoms with Gasteiger partial charge in [-0.15, -0.1) is 0 Å². The number of benzene rings is 2. The fourth-order valence-electron chi connectivity index (χ4n) is 5.28. The van der Waals surface area contributed by atoms with Gasteiger partial charge in [-0.05, 0) is 80.3 Å². The fraction of sp³-hybridized carbons (Fsp3) is 0.423. The molecule has 1 heterocycles. The van der Waals surface area contributed by atoms with E-state index in [1.165, 1.54) is 19.2 Å². The molecular formula is C26H26ClFN2O3. The molecule has 3 aliphatic rings. The van der Waals surface area contributed by atoms with Crippen LogP contribution in [0.3, 0.4) is 0 Å². The Kier molecular flexibility index (Phi) is 5.73. The van der Waals surface area contributed by atoms with Crippen molar-refractivity contribution in [1.29, 1.82) is 0 Å². The topological polar surface area (TPSA) is 59.0 Å². The summed E-state index contributed by atoms with van der Waals surface area (Å²) in [5.74, 6) is -0.682. The number of ether oxygens (including phenoxy) is 1. The third-order valence-electron chi connectivity index (χ3n) is 7.06. The van der Waals surface area contributed by atoms with E-state index in [-0.39, 0.29) is 22.9 Å². The number of nitrogens with zero attached hydrogens (tertiary/aromatic N) is 2. The van der Waals surface area contributed by atoms with E-state index in [1.807, 2.05) is 17.0 Å². The molecule has 1 aliphatic heterocycles. The van der Waals surface area contributed by atoms with E-state index in [0.717, 1.165) is 50.5 Å². The van der Waals surface area contributed by atoms with Gasteiger partial charge in [0.05, 0.1) is 23.7 Å². The van der Waals surface area contributed by atoms with Gasteiger partial charge in [0.15, 0.2) is 0 Å². The predicted octanol–water partition coefficient (Wildman–Crippen LogP) is 5.71. The summed E-state index contributed by atoms with van der Waals surface area (Å²) in [4.78, 5) is 32.9. The first-order chi connectivity index (χ1) is 15.9. The number of esters is 1. The summed E-state index contributed by atoms with van der Waals surface area (Å²) in [5, 5.41) is -0.0173. The van der Waals surface area contributed by atoms with Crippen LogP contribution in [0, 0.1) is 11.7 Å². The Morgan fingerprint density at radius 1 is 1.15 bits per heavy atom. The number of hydrogen-bond donors (Lipinski definition) is 0. The van der Waals surface area contributed by atoms with Crippen LogP contribution in [0.15, 0.2) is 47.5 Å². The third-order valence-corrected chi connectivity index (χ3v) is 7.35. The molecule has 1 atom stereocenters. The molecule has 2 aromatic rings. The second-order valence-corrected chi connectivity index (χ2v) is 9.61. The molecule has 0 aromatic heterocycles. The van der Waals surface area contributed by atoms with Crippen molar-refractivity contribution in [3.63, 3.8) is 0 Å². The average molecular weight is 469 g/mol. The van der Waals surface area contributed by atoms with Crippen LogP contribution in [0.2, 0.25) is 5.02 Å². The van der Waals surface area contributed by atoms with Gasteiger partial charge < -0.3 is 9.64 Å². The minimum absolute atomic E-state index is 0.0173. The molecule has 7 heteroatoms. The van der Waals surface area contributed by atoms with Crippen LogP contribution >= 0.6 is 11.6 Å². The van der Waals surface area contributed by atoms with E-state index in [9.17, 15) is 14.0 Å². The third kappa shape index (κ3) is 3.95. The van der Waals surface area contributed by atoms with Gasteiger partial charge in [-0.2, -0.15) is 0 Å². The molecular weight excluding hydrogens is 443 g/mol. The first-order valence-corrected chi connectivity index (χ1v) is 11.9. The molecule has 2 aliphatic carbocycles. The minimum Gasteiger partial charge on any atom is -0.465 e. The van der Waals surface area contributed by atoms with Gasteiger partial charge >= 0.3 is 5.97 Å². The number of carbonyl (C=O) groups is 2. The van der Waals surface area contributed by atoms with E-state index < -0.39 is 11.5 Å². The van der Waals surface area contributed by atoms with Gasteiger partial charge in [-0.25, -0.2) is 9.18 Å². The molecule has 1 amide bonds. The zero-order valence-corrected chi connectivity index (χ0v) is 19.3. The Morgan fingerprint density at radius 3 is 2.45 bits per heavy atom. The van der Waals surface area contributed by atoms with E-state index in [2.05, 4.69) is 0 Å². The zero-order valence-electron chi connectivity index (χ0n) is 18.5. The summed E-state index contributed by atoms with van der Waals surface area (Å²) < 4.78 is 18.6. The number of hydrogen-bond acceptors (Lipinski definition) is 4. The van der Waals surface area contributed by atoms with Crippen molar-refractivity contribution >= 4 is 29.2 Å². The molecule has 2 aromatic carbocycles. The second-order valence-electron chi connectivity index (χ2n) is 9.20. The van der Waals surface area contributed by atoms with Crippen molar-refractivity contribution in [2.24, 2.45) is 10.9 Å². The van der Waals surface area contributed by atoms with E-state index >= 15 is 0 Å². The van der Waals surface area contributed by atoms with Crippen LogP contribution in [0.4, 0.5) is 4.39 Å². The number of rotatable bonds is 5. The Balaban J connectivity index is 1.56. The van der Waals surface area contributed by atoms with Gasteiger partial charge in [0, 0.05) is 5.56 Å². The molecule has 1 spiro atoms. The lowest BCUT2D eigenvalue weighted by molar-refractivity contribution is -0.133. The molecule has 172 valence electrons. The number of amides is 1. The van der Waals surface area contributed by atoms with Crippen LogP contribution < -0.4 is 0 Å². The highest BCUT2D eigenvalue weighted by Crippen LogP contribution is 2.52. The van der Waals surface area contributed by atoms with E-state index in [1.54, 1.807) is 18.2 Å².